The van der Waals surface area contributed by atoms with E-state index in [1.54, 1.807) is 29.2 Å². The Labute approximate surface area is 113 Å². The first-order valence-corrected chi connectivity index (χ1v) is 6.59. The van der Waals surface area contributed by atoms with Gasteiger partial charge in [-0.05, 0) is 37.1 Å². The van der Waals surface area contributed by atoms with E-state index in [0.717, 1.165) is 12.8 Å². The zero-order valence-corrected chi connectivity index (χ0v) is 11.1. The smallest absolute Gasteiger partial charge is 0.260 e. The van der Waals surface area contributed by atoms with Crippen molar-refractivity contribution in [2.45, 2.75) is 31.7 Å². The minimum absolute atomic E-state index is 0.0104. The highest BCUT2D eigenvalue weighted by Gasteiger charge is 2.23. The second kappa shape index (κ2) is 6.24. The maximum absolute atomic E-state index is 12.0. The minimum atomic E-state index is 0.0104. The van der Waals surface area contributed by atoms with Gasteiger partial charge in [0.2, 0.25) is 0 Å². The highest BCUT2D eigenvalue weighted by molar-refractivity contribution is 5.77. The molecular formula is C15H18N2O2. The molecule has 0 radical (unpaired) electrons. The summed E-state index contributed by atoms with van der Waals surface area (Å²) in [7, 11) is 1.85. The van der Waals surface area contributed by atoms with Crippen LogP contribution in [0.3, 0.4) is 0 Å². The Kier molecular flexibility index (Phi) is 4.40. The molecule has 1 fully saturated rings. The van der Waals surface area contributed by atoms with Crippen molar-refractivity contribution in [3.63, 3.8) is 0 Å². The fourth-order valence-corrected chi connectivity index (χ4v) is 2.37. The average molecular weight is 258 g/mol. The molecule has 0 aromatic heterocycles. The fraction of sp³-hybridized carbons (Fsp3) is 0.467. The van der Waals surface area contributed by atoms with Crippen LogP contribution in [0.5, 0.6) is 5.75 Å². The van der Waals surface area contributed by atoms with Gasteiger partial charge in [0.25, 0.3) is 5.91 Å². The van der Waals surface area contributed by atoms with E-state index in [2.05, 4.69) is 0 Å². The summed E-state index contributed by atoms with van der Waals surface area (Å²) >= 11 is 0. The van der Waals surface area contributed by atoms with Crippen molar-refractivity contribution in [3.8, 4) is 11.8 Å². The summed E-state index contributed by atoms with van der Waals surface area (Å²) in [5.41, 5.74) is 0.585. The molecule has 0 atom stereocenters. The Morgan fingerprint density at radius 3 is 2.58 bits per heavy atom. The van der Waals surface area contributed by atoms with Crippen molar-refractivity contribution in [1.29, 1.82) is 5.26 Å². The van der Waals surface area contributed by atoms with E-state index >= 15 is 0 Å². The third-order valence-electron chi connectivity index (χ3n) is 3.61. The molecule has 0 saturated heterocycles. The second-order valence-electron chi connectivity index (χ2n) is 4.87. The molecule has 1 amide bonds. The molecule has 1 aromatic carbocycles. The molecule has 0 unspecified atom stereocenters. The third kappa shape index (κ3) is 3.47. The lowest BCUT2D eigenvalue weighted by Gasteiger charge is -2.24. The SMILES string of the molecule is CN(C(=O)COc1ccc(C#N)cc1)C1CCCC1. The highest BCUT2D eigenvalue weighted by atomic mass is 16.5. The van der Waals surface area contributed by atoms with Gasteiger partial charge < -0.3 is 9.64 Å². The molecular weight excluding hydrogens is 240 g/mol. The van der Waals surface area contributed by atoms with E-state index in [-0.39, 0.29) is 12.5 Å². The number of nitrogens with zero attached hydrogens (tertiary/aromatic N) is 2. The molecule has 1 aliphatic carbocycles. The van der Waals surface area contributed by atoms with Crippen LogP contribution in [0.25, 0.3) is 0 Å². The maximum Gasteiger partial charge on any atom is 0.260 e. The quantitative estimate of drug-likeness (QED) is 0.833. The van der Waals surface area contributed by atoms with Crippen LogP contribution in [0.1, 0.15) is 31.2 Å². The molecule has 1 aromatic rings. The molecule has 2 rings (SSSR count). The fourth-order valence-electron chi connectivity index (χ4n) is 2.37. The van der Waals surface area contributed by atoms with Gasteiger partial charge in [-0.25, -0.2) is 0 Å². The molecule has 0 N–H and O–H groups in total. The van der Waals surface area contributed by atoms with Crippen molar-refractivity contribution < 1.29 is 9.53 Å². The van der Waals surface area contributed by atoms with E-state index in [1.165, 1.54) is 12.8 Å². The standard InChI is InChI=1S/C15H18N2O2/c1-17(13-4-2-3-5-13)15(18)11-19-14-8-6-12(10-16)7-9-14/h6-9,13H,2-5,11H2,1H3. The van der Waals surface area contributed by atoms with Gasteiger partial charge in [-0.1, -0.05) is 12.8 Å². The molecule has 1 saturated carbocycles. The van der Waals surface area contributed by atoms with Crippen LogP contribution in [0.2, 0.25) is 0 Å². The zero-order chi connectivity index (χ0) is 13.7. The van der Waals surface area contributed by atoms with Crippen LogP contribution in [-0.2, 0) is 4.79 Å². The predicted molar refractivity (Wildman–Crippen MR) is 71.7 cm³/mol. The third-order valence-corrected chi connectivity index (χ3v) is 3.61. The van der Waals surface area contributed by atoms with Crippen molar-refractivity contribution >= 4 is 5.91 Å². The first-order valence-electron chi connectivity index (χ1n) is 6.59. The molecule has 4 nitrogen and oxygen atoms in total. The van der Waals surface area contributed by atoms with Gasteiger partial charge in [-0.3, -0.25) is 4.79 Å². The Morgan fingerprint density at radius 2 is 2.00 bits per heavy atom. The Morgan fingerprint density at radius 1 is 1.37 bits per heavy atom. The van der Waals surface area contributed by atoms with Crippen LogP contribution >= 0.6 is 0 Å². The van der Waals surface area contributed by atoms with Crippen molar-refractivity contribution in [2.75, 3.05) is 13.7 Å². The van der Waals surface area contributed by atoms with Crippen LogP contribution in [0.4, 0.5) is 0 Å². The van der Waals surface area contributed by atoms with Crippen LogP contribution in [-0.4, -0.2) is 30.5 Å². The molecule has 0 bridgehead atoms. The number of likely N-dealkylation sites (N-methyl/N-ethyl adjacent to an activating group) is 1. The zero-order valence-electron chi connectivity index (χ0n) is 11.1. The van der Waals surface area contributed by atoms with E-state index in [9.17, 15) is 4.79 Å². The summed E-state index contributed by atoms with van der Waals surface area (Å²) < 4.78 is 5.45. The number of carbonyl (C=O) groups excluding carboxylic acids is 1. The van der Waals surface area contributed by atoms with Gasteiger partial charge in [-0.2, -0.15) is 5.26 Å². The lowest BCUT2D eigenvalue weighted by molar-refractivity contribution is -0.134. The first-order chi connectivity index (χ1) is 9.20. The molecule has 19 heavy (non-hydrogen) atoms. The second-order valence-corrected chi connectivity index (χ2v) is 4.87. The van der Waals surface area contributed by atoms with Crippen molar-refractivity contribution in [2.24, 2.45) is 0 Å². The summed E-state index contributed by atoms with van der Waals surface area (Å²) in [6.45, 7) is 0.0545. The Balaban J connectivity index is 1.83. The number of benzene rings is 1. The lowest BCUT2D eigenvalue weighted by atomic mass is 10.2. The Bertz CT molecular complexity index is 470. The normalized spacial score (nSPS) is 14.9. The summed E-state index contributed by atoms with van der Waals surface area (Å²) in [6, 6.07) is 9.20. The van der Waals surface area contributed by atoms with Crippen LogP contribution < -0.4 is 4.74 Å². The molecule has 0 aliphatic heterocycles. The molecule has 100 valence electrons. The minimum Gasteiger partial charge on any atom is -0.484 e. The number of ether oxygens (including phenoxy) is 1. The van der Waals surface area contributed by atoms with Gasteiger partial charge in [0.15, 0.2) is 6.61 Å². The topological polar surface area (TPSA) is 53.3 Å². The molecule has 0 heterocycles. The number of nitriles is 1. The summed E-state index contributed by atoms with van der Waals surface area (Å²) in [5.74, 6) is 0.628. The summed E-state index contributed by atoms with van der Waals surface area (Å²) in [4.78, 5) is 13.8. The lowest BCUT2D eigenvalue weighted by Crippen LogP contribution is -2.38. The molecule has 0 spiro atoms. The predicted octanol–water partition coefficient (Wildman–Crippen LogP) is 2.34. The first kappa shape index (κ1) is 13.4. The van der Waals surface area contributed by atoms with Gasteiger partial charge in [0.1, 0.15) is 5.75 Å². The average Bonchev–Trinajstić information content (AvgIpc) is 2.98. The molecule has 4 heteroatoms. The number of amides is 1. The van der Waals surface area contributed by atoms with Gasteiger partial charge >= 0.3 is 0 Å². The van der Waals surface area contributed by atoms with E-state index in [0.29, 0.717) is 17.4 Å². The monoisotopic (exact) mass is 258 g/mol. The summed E-state index contributed by atoms with van der Waals surface area (Å²) in [6.07, 6.45) is 4.61. The molecule has 1 aliphatic rings. The van der Waals surface area contributed by atoms with E-state index in [1.807, 2.05) is 13.1 Å². The highest BCUT2D eigenvalue weighted by Crippen LogP contribution is 2.22. The van der Waals surface area contributed by atoms with Gasteiger partial charge in [-0.15, -0.1) is 0 Å². The number of hydrogen-bond acceptors (Lipinski definition) is 3. The number of hydrogen-bond donors (Lipinski definition) is 0. The van der Waals surface area contributed by atoms with E-state index in [4.69, 9.17) is 10.00 Å². The summed E-state index contributed by atoms with van der Waals surface area (Å²) in [5, 5.41) is 8.69. The largest absolute Gasteiger partial charge is 0.484 e. The van der Waals surface area contributed by atoms with Crippen LogP contribution in [0, 0.1) is 11.3 Å². The number of carbonyl (C=O) groups is 1. The van der Waals surface area contributed by atoms with E-state index < -0.39 is 0 Å². The van der Waals surface area contributed by atoms with Gasteiger partial charge in [0.05, 0.1) is 11.6 Å². The number of rotatable bonds is 4. The van der Waals surface area contributed by atoms with Crippen molar-refractivity contribution in [3.05, 3.63) is 29.8 Å². The maximum atomic E-state index is 12.0. The van der Waals surface area contributed by atoms with Gasteiger partial charge in [0, 0.05) is 13.1 Å². The Hall–Kier alpha value is -2.02. The van der Waals surface area contributed by atoms with Crippen LogP contribution in [0.15, 0.2) is 24.3 Å². The van der Waals surface area contributed by atoms with Crippen molar-refractivity contribution in [1.82, 2.24) is 4.90 Å².